The molecule has 0 saturated heterocycles. The van der Waals surface area contributed by atoms with Crippen molar-refractivity contribution in [1.82, 2.24) is 9.55 Å². The summed E-state index contributed by atoms with van der Waals surface area (Å²) in [6.07, 6.45) is 3.61. The third-order valence-electron chi connectivity index (χ3n) is 6.00. The Morgan fingerprint density at radius 3 is 2.76 bits per heavy atom. The van der Waals surface area contributed by atoms with Crippen molar-refractivity contribution in [1.29, 1.82) is 0 Å². The van der Waals surface area contributed by atoms with Crippen molar-refractivity contribution in [3.8, 4) is 11.5 Å². The summed E-state index contributed by atoms with van der Waals surface area (Å²) in [6, 6.07) is 5.75. The van der Waals surface area contributed by atoms with Gasteiger partial charge in [-0.25, -0.2) is 4.98 Å². The summed E-state index contributed by atoms with van der Waals surface area (Å²) in [4.78, 5) is 32.3. The van der Waals surface area contributed by atoms with Crippen LogP contribution in [0.1, 0.15) is 29.3 Å². The summed E-state index contributed by atoms with van der Waals surface area (Å²) in [5.74, 6) is 1.69. The molecule has 1 atom stereocenters. The molecule has 0 aliphatic heterocycles. The Balaban J connectivity index is 1.72. The van der Waals surface area contributed by atoms with Crippen molar-refractivity contribution in [2.75, 3.05) is 27.1 Å². The average molecular weight is 489 g/mol. The van der Waals surface area contributed by atoms with E-state index in [9.17, 15) is 9.59 Å². The number of ether oxygens (including phenoxy) is 3. The van der Waals surface area contributed by atoms with Crippen LogP contribution in [0.3, 0.4) is 0 Å². The van der Waals surface area contributed by atoms with Gasteiger partial charge in [0.15, 0.2) is 16.7 Å². The Morgan fingerprint density at radius 2 is 2.03 bits per heavy atom. The average Bonchev–Trinajstić information content (AvgIpc) is 3.19. The molecule has 0 amide bonds. The lowest BCUT2D eigenvalue weighted by Crippen LogP contribution is -2.25. The number of hydrogen-bond acceptors (Lipinski definition) is 8. The zero-order valence-corrected chi connectivity index (χ0v) is 20.9. The standard InChI is InChI=1S/C24H28N2O5S2/c1-14-5-7-16-19(11-14)33-22-21(16)23(28)26(24(25-22)32-13-20(27)31-4)10-9-15-6-8-17(29-2)18(12-15)30-3/h6,8,12,14H,5,7,9-11,13H2,1-4H3. The van der Waals surface area contributed by atoms with Crippen LogP contribution in [-0.2, 0) is 35.3 Å². The van der Waals surface area contributed by atoms with Crippen molar-refractivity contribution in [3.63, 3.8) is 0 Å². The third kappa shape index (κ3) is 4.89. The second kappa shape index (κ2) is 10.2. The molecule has 1 aliphatic rings. The molecule has 0 spiro atoms. The van der Waals surface area contributed by atoms with Crippen molar-refractivity contribution < 1.29 is 19.0 Å². The minimum Gasteiger partial charge on any atom is -0.493 e. The lowest BCUT2D eigenvalue weighted by molar-refractivity contribution is -0.137. The fourth-order valence-electron chi connectivity index (χ4n) is 4.17. The number of thioether (sulfide) groups is 1. The highest BCUT2D eigenvalue weighted by molar-refractivity contribution is 7.99. The molecular weight excluding hydrogens is 460 g/mol. The molecular formula is C24H28N2O5S2. The molecule has 9 heteroatoms. The summed E-state index contributed by atoms with van der Waals surface area (Å²) in [7, 11) is 4.56. The van der Waals surface area contributed by atoms with Crippen LogP contribution < -0.4 is 15.0 Å². The highest BCUT2D eigenvalue weighted by atomic mass is 32.2. The molecule has 1 aliphatic carbocycles. The number of aromatic nitrogens is 2. The summed E-state index contributed by atoms with van der Waals surface area (Å²) in [5.41, 5.74) is 2.15. The van der Waals surface area contributed by atoms with Gasteiger partial charge in [-0.3, -0.25) is 14.2 Å². The second-order valence-electron chi connectivity index (χ2n) is 8.19. The predicted octanol–water partition coefficient (Wildman–Crippen LogP) is 4.11. The van der Waals surface area contributed by atoms with E-state index in [-0.39, 0.29) is 17.3 Å². The molecule has 4 rings (SSSR count). The van der Waals surface area contributed by atoms with Crippen molar-refractivity contribution in [2.45, 2.75) is 44.3 Å². The van der Waals surface area contributed by atoms with Gasteiger partial charge >= 0.3 is 5.97 Å². The normalized spacial score (nSPS) is 15.3. The second-order valence-corrected chi connectivity index (χ2v) is 10.2. The van der Waals surface area contributed by atoms with E-state index < -0.39 is 0 Å². The molecule has 1 unspecified atom stereocenters. The smallest absolute Gasteiger partial charge is 0.316 e. The first-order valence-electron chi connectivity index (χ1n) is 10.9. The van der Waals surface area contributed by atoms with Gasteiger partial charge < -0.3 is 14.2 Å². The first kappa shape index (κ1) is 23.6. The monoisotopic (exact) mass is 488 g/mol. The number of carbonyl (C=O) groups is 1. The molecule has 0 saturated carbocycles. The zero-order valence-electron chi connectivity index (χ0n) is 19.3. The predicted molar refractivity (Wildman–Crippen MR) is 131 cm³/mol. The van der Waals surface area contributed by atoms with Crippen molar-refractivity contribution >= 4 is 39.3 Å². The summed E-state index contributed by atoms with van der Waals surface area (Å²) >= 11 is 2.86. The largest absolute Gasteiger partial charge is 0.493 e. The Morgan fingerprint density at radius 1 is 1.24 bits per heavy atom. The lowest BCUT2D eigenvalue weighted by Gasteiger charge is -2.18. The maximum absolute atomic E-state index is 13.7. The van der Waals surface area contributed by atoms with Gasteiger partial charge in [0.25, 0.3) is 5.56 Å². The number of rotatable bonds is 8. The molecule has 3 aromatic rings. The van der Waals surface area contributed by atoms with E-state index in [0.717, 1.165) is 40.6 Å². The topological polar surface area (TPSA) is 79.7 Å². The van der Waals surface area contributed by atoms with Crippen LogP contribution in [0, 0.1) is 5.92 Å². The molecule has 176 valence electrons. The maximum Gasteiger partial charge on any atom is 0.316 e. The number of nitrogens with zero attached hydrogens (tertiary/aromatic N) is 2. The van der Waals surface area contributed by atoms with Gasteiger partial charge in [0.1, 0.15) is 4.83 Å². The fourth-order valence-corrected chi connectivity index (χ4v) is 6.45. The quantitative estimate of drug-likeness (QED) is 0.268. The van der Waals surface area contributed by atoms with E-state index in [1.807, 2.05) is 18.2 Å². The van der Waals surface area contributed by atoms with Gasteiger partial charge in [-0.05, 0) is 54.9 Å². The number of thiophene rings is 1. The molecule has 2 aromatic heterocycles. The van der Waals surface area contributed by atoms with Crippen LogP contribution in [0.4, 0.5) is 0 Å². The zero-order chi connectivity index (χ0) is 23.5. The Kier molecular flexibility index (Phi) is 7.29. The van der Waals surface area contributed by atoms with Gasteiger partial charge in [0.2, 0.25) is 0 Å². The summed E-state index contributed by atoms with van der Waals surface area (Å²) < 4.78 is 17.2. The van der Waals surface area contributed by atoms with Crippen LogP contribution in [0.2, 0.25) is 0 Å². The van der Waals surface area contributed by atoms with Gasteiger partial charge in [-0.2, -0.15) is 0 Å². The summed E-state index contributed by atoms with van der Waals surface area (Å²) in [5, 5.41) is 1.29. The number of esters is 1. The van der Waals surface area contributed by atoms with Crippen molar-refractivity contribution in [2.24, 2.45) is 5.92 Å². The van der Waals surface area contributed by atoms with Gasteiger partial charge in [0.05, 0.1) is 32.5 Å². The highest BCUT2D eigenvalue weighted by Crippen LogP contribution is 2.36. The molecule has 0 N–H and O–H groups in total. The van der Waals surface area contributed by atoms with Gasteiger partial charge in [0, 0.05) is 11.4 Å². The van der Waals surface area contributed by atoms with E-state index in [1.165, 1.54) is 23.7 Å². The van der Waals surface area contributed by atoms with Crippen LogP contribution in [0.25, 0.3) is 10.2 Å². The SMILES string of the molecule is COC(=O)CSc1nc2sc3c(c2c(=O)n1CCc1ccc(OC)c(OC)c1)CCC(C)C3. The number of methoxy groups -OCH3 is 3. The van der Waals surface area contributed by atoms with Crippen LogP contribution in [-0.4, -0.2) is 42.6 Å². The van der Waals surface area contributed by atoms with E-state index >= 15 is 0 Å². The number of fused-ring (bicyclic) bond motifs is 3. The van der Waals surface area contributed by atoms with Crippen molar-refractivity contribution in [3.05, 3.63) is 44.6 Å². The minimum absolute atomic E-state index is 0.0279. The first-order chi connectivity index (χ1) is 15.9. The minimum atomic E-state index is -0.347. The molecule has 2 heterocycles. The number of carbonyl (C=O) groups excluding carboxylic acids is 1. The van der Waals surface area contributed by atoms with Crippen LogP contribution in [0.15, 0.2) is 28.2 Å². The molecule has 33 heavy (non-hydrogen) atoms. The lowest BCUT2D eigenvalue weighted by atomic mass is 9.89. The molecule has 0 radical (unpaired) electrons. The number of benzene rings is 1. The Bertz CT molecular complexity index is 1230. The summed E-state index contributed by atoms with van der Waals surface area (Å²) in [6.45, 7) is 2.70. The maximum atomic E-state index is 13.7. The van der Waals surface area contributed by atoms with E-state index in [2.05, 4.69) is 6.92 Å². The Labute approximate surface area is 201 Å². The molecule has 7 nitrogen and oxygen atoms in total. The first-order valence-corrected chi connectivity index (χ1v) is 12.7. The van der Waals surface area contributed by atoms with Gasteiger partial charge in [-0.15, -0.1) is 11.3 Å². The highest BCUT2D eigenvalue weighted by Gasteiger charge is 2.25. The van der Waals surface area contributed by atoms with E-state index in [1.54, 1.807) is 30.1 Å². The third-order valence-corrected chi connectivity index (χ3v) is 8.10. The van der Waals surface area contributed by atoms with E-state index in [4.69, 9.17) is 19.2 Å². The fraction of sp³-hybridized carbons (Fsp3) is 0.458. The van der Waals surface area contributed by atoms with Crippen LogP contribution >= 0.6 is 23.1 Å². The molecule has 0 bridgehead atoms. The number of aryl methyl sites for hydroxylation is 2. The van der Waals surface area contributed by atoms with Gasteiger partial charge in [-0.1, -0.05) is 24.8 Å². The molecule has 0 fully saturated rings. The molecule has 1 aromatic carbocycles. The number of hydrogen-bond donors (Lipinski definition) is 0. The Hall–Kier alpha value is -2.52. The van der Waals surface area contributed by atoms with Crippen LogP contribution in [0.5, 0.6) is 11.5 Å². The van der Waals surface area contributed by atoms with E-state index in [0.29, 0.717) is 35.5 Å².